The van der Waals surface area contributed by atoms with E-state index in [0.29, 0.717) is 45.6 Å². The summed E-state index contributed by atoms with van der Waals surface area (Å²) in [7, 11) is 14.2. The Hall–Kier alpha value is -14.7. The SMILES string of the molecule is COc1ccc(CN2CCN(c3ccc(-c4cc(-c5cnn(C)c5)cn5[nH]c(=O)c(C#N)c45)cn3)CC2)cn1.COc1ccc(CN2CCN(c3ccc(-c4cc(-c5cnn(C)c5)cn5nc(F)c(C#N)c45)cn3)CC2)cn1.COc1ccc(CN2CCN(c3ccc(-c4cc(-c5cnn(C)c5)cn5nc(N(C)C)c(C#N)c45)cn3)CC2)cn1. The number of hydrogen-bond acceptors (Lipinski definition) is 25. The molecule has 3 saturated heterocycles. The van der Waals surface area contributed by atoms with Gasteiger partial charge in [0.1, 0.15) is 52.4 Å². The maximum absolute atomic E-state index is 14.5. The molecule has 0 saturated carbocycles. The molecule has 600 valence electrons. The Balaban J connectivity index is 0.000000133. The number of ether oxygens (including phenoxy) is 3. The quantitative estimate of drug-likeness (QED) is 0.0787. The van der Waals surface area contributed by atoms with Gasteiger partial charge in [0.15, 0.2) is 5.82 Å². The van der Waals surface area contributed by atoms with Crippen LogP contribution in [0.15, 0.2) is 189 Å². The van der Waals surface area contributed by atoms with Gasteiger partial charge in [-0.25, -0.2) is 38.9 Å². The lowest BCUT2D eigenvalue weighted by atomic mass is 10.0. The fourth-order valence-corrected chi connectivity index (χ4v) is 15.2. The number of methoxy groups -OCH3 is 3. The van der Waals surface area contributed by atoms with Crippen molar-refractivity contribution < 1.29 is 18.6 Å². The predicted octanol–water partition coefficient (Wildman–Crippen LogP) is 9.68. The van der Waals surface area contributed by atoms with E-state index in [1.54, 1.807) is 75.4 Å². The number of anilines is 4. The number of nitrogens with zero attached hydrogens (tertiary/aromatic N) is 27. The number of nitrogens with one attached hydrogen (secondary N) is 1. The van der Waals surface area contributed by atoms with Gasteiger partial charge < -0.3 is 33.8 Å². The summed E-state index contributed by atoms with van der Waals surface area (Å²) in [5.74, 6) is 4.43. The molecule has 0 spiro atoms. The fraction of sp³-hybridized carbons (Fsp3) is 0.267. The van der Waals surface area contributed by atoms with Gasteiger partial charge in [0.2, 0.25) is 17.6 Å². The van der Waals surface area contributed by atoms with E-state index in [2.05, 4.69) is 112 Å². The highest BCUT2D eigenvalue weighted by molar-refractivity contribution is 5.92. The number of aryl methyl sites for hydroxylation is 3. The van der Waals surface area contributed by atoms with Crippen molar-refractivity contribution in [3.63, 3.8) is 0 Å². The van der Waals surface area contributed by atoms with Gasteiger partial charge >= 0.3 is 0 Å². The molecule has 0 aliphatic carbocycles. The predicted molar refractivity (Wildman–Crippen MR) is 448 cm³/mol. The Kier molecular flexibility index (Phi) is 22.6. The van der Waals surface area contributed by atoms with E-state index in [0.717, 1.165) is 193 Å². The number of halogens is 1. The van der Waals surface area contributed by atoms with Crippen LogP contribution in [-0.4, -0.2) is 217 Å². The van der Waals surface area contributed by atoms with Crippen molar-refractivity contribution in [2.45, 2.75) is 19.6 Å². The summed E-state index contributed by atoms with van der Waals surface area (Å²) < 4.78 is 40.0. The lowest BCUT2D eigenvalue weighted by Gasteiger charge is -2.35. The molecule has 32 nitrogen and oxygen atoms in total. The highest BCUT2D eigenvalue weighted by atomic mass is 19.1. The number of aromatic amines is 1. The van der Waals surface area contributed by atoms with Crippen molar-refractivity contribution in [3.05, 3.63) is 234 Å². The van der Waals surface area contributed by atoms with Crippen LogP contribution in [0.2, 0.25) is 0 Å². The average molecular weight is 1590 g/mol. The minimum Gasteiger partial charge on any atom is -0.481 e. The maximum atomic E-state index is 14.5. The molecule has 18 heterocycles. The van der Waals surface area contributed by atoms with Crippen molar-refractivity contribution in [2.24, 2.45) is 21.1 Å². The minimum absolute atomic E-state index is 0.0787. The van der Waals surface area contributed by atoms with Crippen LogP contribution in [0.5, 0.6) is 17.6 Å². The normalized spacial score (nSPS) is 14.0. The zero-order valence-electron chi connectivity index (χ0n) is 67.0. The van der Waals surface area contributed by atoms with Crippen LogP contribution in [0.1, 0.15) is 33.4 Å². The van der Waals surface area contributed by atoms with E-state index < -0.39 is 11.5 Å². The zero-order chi connectivity index (χ0) is 82.4. The first kappa shape index (κ1) is 78.2. The van der Waals surface area contributed by atoms with Crippen LogP contribution < -0.4 is 39.4 Å². The van der Waals surface area contributed by atoms with Gasteiger partial charge in [-0.3, -0.25) is 43.2 Å². The number of hydrogen-bond donors (Lipinski definition) is 1. The standard InChI is InChI=1S/C30H32N10O.C28H26FN9O.C28H27N9O2/c1-36(2)30-26(14-31)29-25(13-23(20-40(29)35-30)24-17-34-37(3)19-24)22-6-7-27(32-16-22)39-11-9-38(10-12-39)18-21-5-8-28(41-4)33-15-21;1-35-17-22(15-33-35)21-11-23(27-24(12-30)28(29)34-38(27)18-21)20-4-5-25(31-14-20)37-9-7-36(8-10-37)16-19-3-6-26(39-2)32-13-19;1-34-17-22(15-32-34)21-11-23(27-24(12-29)28(38)33-37(27)18-21)20-4-5-25(30-14-20)36-9-7-35(8-10-36)16-19-3-6-26(39-2)31-13-19/h5-8,13,15-17,19-20H,9-12,18H2,1-4H3;3-6,11,13-15,17-18H,7-10,16H2,1-2H3;3-6,11,13-15,17-18H,7-10,16H2,1-2H3,(H,33,38). The fourth-order valence-electron chi connectivity index (χ4n) is 15.2. The number of fused-ring (bicyclic) bond motifs is 3. The molecule has 15 aromatic rings. The van der Waals surface area contributed by atoms with E-state index in [9.17, 15) is 25.0 Å². The Morgan fingerprint density at radius 2 is 0.765 bits per heavy atom. The summed E-state index contributed by atoms with van der Waals surface area (Å²) in [5.41, 5.74) is 15.6. The number of nitriles is 3. The summed E-state index contributed by atoms with van der Waals surface area (Å²) in [6.07, 6.45) is 27.7. The molecule has 18 rings (SSSR count). The average Bonchev–Trinajstić information content (AvgIpc) is 1.63. The number of rotatable bonds is 19. The van der Waals surface area contributed by atoms with E-state index in [4.69, 9.17) is 34.3 Å². The molecule has 1 N–H and O–H groups in total. The van der Waals surface area contributed by atoms with Gasteiger partial charge in [-0.2, -0.15) is 35.5 Å². The molecule has 119 heavy (non-hydrogen) atoms. The van der Waals surface area contributed by atoms with Gasteiger partial charge in [-0.1, -0.05) is 18.2 Å². The van der Waals surface area contributed by atoms with Crippen molar-refractivity contribution in [1.82, 2.24) is 103 Å². The highest BCUT2D eigenvalue weighted by Gasteiger charge is 2.27. The first-order valence-electron chi connectivity index (χ1n) is 38.7. The molecule has 3 aliphatic heterocycles. The summed E-state index contributed by atoms with van der Waals surface area (Å²) in [4.78, 5) is 55.7. The van der Waals surface area contributed by atoms with Crippen molar-refractivity contribution >= 4 is 39.8 Å². The lowest BCUT2D eigenvalue weighted by molar-refractivity contribution is 0.249. The summed E-state index contributed by atoms with van der Waals surface area (Å²) in [5, 5.41) is 53.7. The summed E-state index contributed by atoms with van der Waals surface area (Å²) >= 11 is 0. The van der Waals surface area contributed by atoms with Crippen LogP contribution in [-0.2, 0) is 40.8 Å². The zero-order valence-corrected chi connectivity index (χ0v) is 67.0. The molecule has 3 aliphatic rings. The summed E-state index contributed by atoms with van der Waals surface area (Å²) in [6, 6.07) is 36.3. The van der Waals surface area contributed by atoms with Crippen molar-refractivity contribution in [1.29, 1.82) is 15.8 Å². The highest BCUT2D eigenvalue weighted by Crippen LogP contribution is 2.38. The molecule has 0 radical (unpaired) electrons. The number of aromatic nitrogens is 18. The summed E-state index contributed by atoms with van der Waals surface area (Å²) in [6.45, 7) is 13.3. The van der Waals surface area contributed by atoms with Gasteiger partial charge in [-0.05, 0) is 71.3 Å². The van der Waals surface area contributed by atoms with E-state index in [1.807, 2.05) is 169 Å². The van der Waals surface area contributed by atoms with Crippen molar-refractivity contribution in [2.75, 3.05) is 134 Å². The van der Waals surface area contributed by atoms with Gasteiger partial charge in [0, 0.05) is 293 Å². The first-order chi connectivity index (χ1) is 58.0. The van der Waals surface area contributed by atoms with Gasteiger partial charge in [0.05, 0.1) is 56.5 Å². The van der Waals surface area contributed by atoms with E-state index in [1.165, 1.54) is 10.1 Å². The number of pyridine rings is 9. The molecule has 0 aromatic carbocycles. The second kappa shape index (κ2) is 34.4. The second-order valence-corrected chi connectivity index (χ2v) is 29.5. The molecule has 0 unspecified atom stereocenters. The molecule has 3 fully saturated rings. The first-order valence-corrected chi connectivity index (χ1v) is 38.7. The third kappa shape index (κ3) is 16.9. The second-order valence-electron chi connectivity index (χ2n) is 29.5. The monoisotopic (exact) mass is 1590 g/mol. The molecular weight excluding hydrogens is 1510 g/mol. The third-order valence-electron chi connectivity index (χ3n) is 21.5. The molecule has 0 bridgehead atoms. The lowest BCUT2D eigenvalue weighted by Crippen LogP contribution is -2.46. The van der Waals surface area contributed by atoms with Gasteiger partial charge in [0.25, 0.3) is 11.5 Å². The molecule has 15 aromatic heterocycles. The van der Waals surface area contributed by atoms with Crippen molar-refractivity contribution in [3.8, 4) is 103 Å². The van der Waals surface area contributed by atoms with Crippen LogP contribution in [0.4, 0.5) is 27.7 Å². The number of H-pyrrole nitrogens is 1. The van der Waals surface area contributed by atoms with Crippen LogP contribution in [0.25, 0.3) is 83.3 Å². The third-order valence-corrected chi connectivity index (χ3v) is 21.5. The van der Waals surface area contributed by atoms with Crippen LogP contribution >= 0.6 is 0 Å². The Morgan fingerprint density at radius 3 is 1.08 bits per heavy atom. The topological polar surface area (TPSA) is 324 Å². The smallest absolute Gasteiger partial charge is 0.283 e. The molecule has 0 atom stereocenters. The Morgan fingerprint density at radius 1 is 0.403 bits per heavy atom. The molecule has 33 heteroatoms. The van der Waals surface area contributed by atoms with Gasteiger partial charge in [-0.15, -0.1) is 10.2 Å². The molecular formula is C86H85FN28O4. The Bertz CT molecular complexity index is 6300. The molecule has 0 amide bonds. The maximum Gasteiger partial charge on any atom is 0.283 e. The Labute approximate surface area is 684 Å². The van der Waals surface area contributed by atoms with E-state index in [-0.39, 0.29) is 11.1 Å². The minimum atomic E-state index is -0.796. The largest absolute Gasteiger partial charge is 0.481 e. The van der Waals surface area contributed by atoms with Crippen LogP contribution in [0.3, 0.4) is 0 Å². The number of piperazine rings is 3. The van der Waals surface area contributed by atoms with Crippen LogP contribution in [0, 0.1) is 39.9 Å². The van der Waals surface area contributed by atoms with E-state index >= 15 is 0 Å².